The zero-order valence-electron chi connectivity index (χ0n) is 25.1. The molecule has 0 bridgehead atoms. The van der Waals surface area contributed by atoms with Gasteiger partial charge in [-0.2, -0.15) is 22.7 Å². The minimum absolute atomic E-state index is 0.0160. The SMILES string of the molecule is C[C@H]1C[C@H](C(=O)Nc2ccc(C(F)(F)F)cc2Cl)n2c1c(N1CCN(C(=O)c3nccc(Cl)c3O)CC1)c(=O)n1nc(NCCO)nc21. The number of amides is 2. The number of carbonyl (C=O) groups excluding carboxylic acids is 2. The fourth-order valence-corrected chi connectivity index (χ4v) is 6.37. The molecule has 0 spiro atoms. The van der Waals surface area contributed by atoms with Gasteiger partial charge in [-0.1, -0.05) is 30.1 Å². The third-order valence-corrected chi connectivity index (χ3v) is 8.89. The van der Waals surface area contributed by atoms with Gasteiger partial charge in [0, 0.05) is 44.8 Å². The molecule has 5 heterocycles. The first-order valence-electron chi connectivity index (χ1n) is 14.7. The van der Waals surface area contributed by atoms with Gasteiger partial charge in [-0.25, -0.2) is 4.98 Å². The van der Waals surface area contributed by atoms with E-state index in [2.05, 4.69) is 25.7 Å². The van der Waals surface area contributed by atoms with Crippen molar-refractivity contribution in [1.82, 2.24) is 29.0 Å². The fraction of sp³-hybridized carbons (Fsp3) is 0.379. The van der Waals surface area contributed by atoms with Crippen LogP contribution >= 0.6 is 23.2 Å². The standard InChI is InChI=1S/C29H28Cl2F3N9O5/c1-14-12-19(24(46)37-18-3-2-15(13-17(18)31)29(32,33)34)42-21(14)22(26(48)43-28(42)38-27(39-43)36-6-11-44)40-7-9-41(10-8-40)25(47)20-23(45)16(30)4-5-35-20/h2-5,13-14,19,44-45H,6-12H2,1H3,(H,36,39)(H,37,46)/t14-,19+/m0/s1. The zero-order chi connectivity index (χ0) is 34.5. The molecule has 254 valence electrons. The number of hydrogen-bond acceptors (Lipinski definition) is 10. The molecule has 0 aliphatic carbocycles. The maximum atomic E-state index is 14.0. The van der Waals surface area contributed by atoms with Crippen molar-refractivity contribution >= 4 is 58.1 Å². The largest absolute Gasteiger partial charge is 0.504 e. The highest BCUT2D eigenvalue weighted by atomic mass is 35.5. The van der Waals surface area contributed by atoms with Crippen LogP contribution in [-0.2, 0) is 11.0 Å². The molecule has 0 radical (unpaired) electrons. The van der Waals surface area contributed by atoms with Crippen molar-refractivity contribution < 1.29 is 33.0 Å². The van der Waals surface area contributed by atoms with Crippen molar-refractivity contribution in [3.05, 3.63) is 67.8 Å². The van der Waals surface area contributed by atoms with E-state index in [1.165, 1.54) is 17.2 Å². The summed E-state index contributed by atoms with van der Waals surface area (Å²) < 4.78 is 42.2. The van der Waals surface area contributed by atoms with Gasteiger partial charge in [0.1, 0.15) is 11.7 Å². The lowest BCUT2D eigenvalue weighted by Crippen LogP contribution is -2.51. The van der Waals surface area contributed by atoms with E-state index in [-0.39, 0.29) is 90.5 Å². The molecule has 2 aliphatic heterocycles. The molecule has 0 unspecified atom stereocenters. The third kappa shape index (κ3) is 5.97. The maximum absolute atomic E-state index is 14.0. The van der Waals surface area contributed by atoms with Gasteiger partial charge < -0.3 is 30.6 Å². The zero-order valence-corrected chi connectivity index (χ0v) is 26.6. The van der Waals surface area contributed by atoms with E-state index < -0.39 is 40.9 Å². The molecule has 14 nitrogen and oxygen atoms in total. The first-order chi connectivity index (χ1) is 22.8. The van der Waals surface area contributed by atoms with Crippen molar-refractivity contribution in [2.24, 2.45) is 0 Å². The fourth-order valence-electron chi connectivity index (χ4n) is 6.00. The second kappa shape index (κ2) is 12.8. The molecule has 3 aromatic heterocycles. The first kappa shape index (κ1) is 33.3. The molecule has 6 rings (SSSR count). The van der Waals surface area contributed by atoms with Gasteiger partial charge >= 0.3 is 6.18 Å². The van der Waals surface area contributed by atoms with E-state index in [0.717, 1.165) is 22.7 Å². The van der Waals surface area contributed by atoms with Crippen LogP contribution < -0.4 is 21.1 Å². The van der Waals surface area contributed by atoms with Crippen molar-refractivity contribution in [1.29, 1.82) is 0 Å². The number of carbonyl (C=O) groups is 2. The van der Waals surface area contributed by atoms with Gasteiger partial charge in [-0.05, 0) is 30.7 Å². The predicted molar refractivity (Wildman–Crippen MR) is 169 cm³/mol. The lowest BCUT2D eigenvalue weighted by Gasteiger charge is -2.36. The van der Waals surface area contributed by atoms with Gasteiger partial charge in [0.05, 0.1) is 33.6 Å². The summed E-state index contributed by atoms with van der Waals surface area (Å²) in [5, 5.41) is 28.9. The number of hydrogen-bond donors (Lipinski definition) is 4. The molecule has 4 N–H and O–H groups in total. The van der Waals surface area contributed by atoms with E-state index in [0.29, 0.717) is 5.69 Å². The Kier molecular flexibility index (Phi) is 8.86. The van der Waals surface area contributed by atoms with Crippen molar-refractivity contribution in [2.45, 2.75) is 31.5 Å². The maximum Gasteiger partial charge on any atom is 0.416 e. The first-order valence-corrected chi connectivity index (χ1v) is 15.5. The number of benzene rings is 1. The lowest BCUT2D eigenvalue weighted by molar-refractivity contribution is -0.137. The Balaban J connectivity index is 1.35. The van der Waals surface area contributed by atoms with E-state index in [1.807, 2.05) is 6.92 Å². The van der Waals surface area contributed by atoms with Crippen LogP contribution in [0.5, 0.6) is 5.75 Å². The van der Waals surface area contributed by atoms with E-state index in [9.17, 15) is 37.8 Å². The molecule has 2 aliphatic rings. The van der Waals surface area contributed by atoms with Gasteiger partial charge in [-0.15, -0.1) is 5.10 Å². The number of nitrogens with one attached hydrogen (secondary N) is 2. The topological polar surface area (TPSA) is 170 Å². The Labute approximate surface area is 279 Å². The van der Waals surface area contributed by atoms with E-state index >= 15 is 0 Å². The molecule has 0 saturated carbocycles. The second-order valence-electron chi connectivity index (χ2n) is 11.3. The quantitative estimate of drug-likeness (QED) is 0.223. The molecule has 19 heteroatoms. The summed E-state index contributed by atoms with van der Waals surface area (Å²) in [6.45, 7) is 2.41. The normalized spacial score (nSPS) is 17.9. The number of alkyl halides is 3. The van der Waals surface area contributed by atoms with Crippen LogP contribution in [0.2, 0.25) is 10.0 Å². The number of fused-ring (bicyclic) bond motifs is 3. The molecule has 1 aromatic carbocycles. The minimum atomic E-state index is -4.62. The third-order valence-electron chi connectivity index (χ3n) is 8.27. The van der Waals surface area contributed by atoms with Crippen LogP contribution in [0.1, 0.15) is 47.1 Å². The number of aromatic hydroxyl groups is 1. The summed E-state index contributed by atoms with van der Waals surface area (Å²) in [4.78, 5) is 52.6. The Morgan fingerprint density at radius 2 is 1.83 bits per heavy atom. The minimum Gasteiger partial charge on any atom is -0.504 e. The van der Waals surface area contributed by atoms with E-state index in [4.69, 9.17) is 23.2 Å². The van der Waals surface area contributed by atoms with E-state index in [1.54, 1.807) is 9.47 Å². The molecule has 1 fully saturated rings. The monoisotopic (exact) mass is 709 g/mol. The number of anilines is 3. The summed E-state index contributed by atoms with van der Waals surface area (Å²) in [5.41, 5.74) is -0.981. The number of aromatic nitrogens is 5. The molecule has 2 amide bonds. The van der Waals surface area contributed by atoms with Crippen LogP contribution in [0.3, 0.4) is 0 Å². The molecule has 2 atom stereocenters. The highest BCUT2D eigenvalue weighted by Gasteiger charge is 2.41. The summed E-state index contributed by atoms with van der Waals surface area (Å²) >= 11 is 12.1. The van der Waals surface area contributed by atoms with Crippen LogP contribution in [0, 0.1) is 0 Å². The van der Waals surface area contributed by atoms with Crippen LogP contribution in [-0.4, -0.2) is 90.4 Å². The van der Waals surface area contributed by atoms with Crippen molar-refractivity contribution in [2.75, 3.05) is 54.9 Å². The number of nitrogens with zero attached hydrogens (tertiary/aromatic N) is 7. The lowest BCUT2D eigenvalue weighted by atomic mass is 10.0. The number of piperazine rings is 1. The summed E-state index contributed by atoms with van der Waals surface area (Å²) in [5.74, 6) is -1.86. The van der Waals surface area contributed by atoms with Crippen LogP contribution in [0.4, 0.5) is 30.5 Å². The van der Waals surface area contributed by atoms with Gasteiger partial charge in [0.2, 0.25) is 17.6 Å². The number of halogens is 5. The van der Waals surface area contributed by atoms with Crippen molar-refractivity contribution in [3.8, 4) is 5.75 Å². The smallest absolute Gasteiger partial charge is 0.416 e. The molecular weight excluding hydrogens is 682 g/mol. The highest BCUT2D eigenvalue weighted by molar-refractivity contribution is 6.34. The number of aliphatic hydroxyl groups is 1. The molecule has 1 saturated heterocycles. The number of aliphatic hydroxyl groups excluding tert-OH is 1. The predicted octanol–water partition coefficient (Wildman–Crippen LogP) is 3.37. The van der Waals surface area contributed by atoms with Crippen molar-refractivity contribution in [3.63, 3.8) is 0 Å². The second-order valence-corrected chi connectivity index (χ2v) is 12.1. The van der Waals surface area contributed by atoms with Crippen LogP contribution in [0.25, 0.3) is 5.78 Å². The van der Waals surface area contributed by atoms with Gasteiger partial charge in [0.15, 0.2) is 11.4 Å². The number of pyridine rings is 1. The van der Waals surface area contributed by atoms with Gasteiger partial charge in [-0.3, -0.25) is 19.0 Å². The Morgan fingerprint density at radius 1 is 1.10 bits per heavy atom. The summed E-state index contributed by atoms with van der Waals surface area (Å²) in [7, 11) is 0. The Bertz CT molecular complexity index is 1980. The average Bonchev–Trinajstić information content (AvgIpc) is 3.63. The van der Waals surface area contributed by atoms with Crippen LogP contribution in [0.15, 0.2) is 35.3 Å². The summed E-state index contributed by atoms with van der Waals surface area (Å²) in [6, 6.07) is 3.00. The van der Waals surface area contributed by atoms with Gasteiger partial charge in [0.25, 0.3) is 11.5 Å². The molecule has 48 heavy (non-hydrogen) atoms. The Morgan fingerprint density at radius 3 is 2.50 bits per heavy atom. The molecular formula is C29H28Cl2F3N9O5. The summed E-state index contributed by atoms with van der Waals surface area (Å²) in [6.07, 6.45) is -3.10. The Hall–Kier alpha value is -4.61. The molecule has 4 aromatic rings. The highest BCUT2D eigenvalue weighted by Crippen LogP contribution is 2.42. The number of rotatable bonds is 7. The average molecular weight is 711 g/mol.